The van der Waals surface area contributed by atoms with Crippen LogP contribution in [0.5, 0.6) is 5.75 Å². The number of aliphatic imine (C=N–C) groups is 1. The third-order valence-electron chi connectivity index (χ3n) is 3.68. The first kappa shape index (κ1) is 16.9. The smallest absolute Gasteiger partial charge is 0.128 e. The second-order valence-electron chi connectivity index (χ2n) is 5.27. The van der Waals surface area contributed by atoms with Gasteiger partial charge in [-0.3, -0.25) is 4.99 Å². The van der Waals surface area contributed by atoms with Crippen LogP contribution in [0, 0.1) is 0 Å². The van der Waals surface area contributed by atoms with Crippen LogP contribution in [0.4, 0.5) is 5.69 Å². The van der Waals surface area contributed by atoms with E-state index in [4.69, 9.17) is 9.72 Å². The molecule has 5 heteroatoms. The third kappa shape index (κ3) is 3.78. The number of aromatic nitrogens is 1. The standard InChI is InChI=1S/C20H19N3OS/c1-4-17(22-14-8-6-5-7-9-14)16(13-21-2)20-23-18-12-15(24-3)10-11-19(18)25-20/h4-13,22H,2H2,1,3H3/b16-13+,17-4+. The van der Waals surface area contributed by atoms with Gasteiger partial charge in [0.25, 0.3) is 0 Å². The van der Waals surface area contributed by atoms with E-state index in [0.29, 0.717) is 0 Å². The number of anilines is 1. The van der Waals surface area contributed by atoms with Crippen molar-refractivity contribution >= 4 is 39.5 Å². The molecule has 3 rings (SSSR count). The molecular formula is C20H19N3OS. The van der Waals surface area contributed by atoms with E-state index in [9.17, 15) is 0 Å². The van der Waals surface area contributed by atoms with Gasteiger partial charge in [-0.15, -0.1) is 11.3 Å². The maximum atomic E-state index is 5.28. The molecule has 0 saturated carbocycles. The van der Waals surface area contributed by atoms with Crippen LogP contribution in [0.2, 0.25) is 0 Å². The van der Waals surface area contributed by atoms with Gasteiger partial charge in [-0.1, -0.05) is 24.3 Å². The molecule has 0 atom stereocenters. The zero-order chi connectivity index (χ0) is 17.6. The van der Waals surface area contributed by atoms with Gasteiger partial charge < -0.3 is 10.1 Å². The molecule has 0 radical (unpaired) electrons. The van der Waals surface area contributed by atoms with Crippen molar-refractivity contribution < 1.29 is 4.74 Å². The SMILES string of the molecule is C=N/C=C(\C(=C/C)Nc1ccccc1)c1nc2cc(OC)ccc2s1. The van der Waals surface area contributed by atoms with Gasteiger partial charge >= 0.3 is 0 Å². The summed E-state index contributed by atoms with van der Waals surface area (Å²) in [4.78, 5) is 8.73. The Morgan fingerprint density at radius 3 is 2.72 bits per heavy atom. The number of ether oxygens (including phenoxy) is 1. The summed E-state index contributed by atoms with van der Waals surface area (Å²) in [6.45, 7) is 5.59. The number of benzene rings is 2. The highest BCUT2D eigenvalue weighted by Gasteiger charge is 2.14. The fourth-order valence-electron chi connectivity index (χ4n) is 2.45. The Hall–Kier alpha value is -2.92. The van der Waals surface area contributed by atoms with Crippen molar-refractivity contribution in [3.63, 3.8) is 0 Å². The number of para-hydroxylation sites is 1. The summed E-state index contributed by atoms with van der Waals surface area (Å²) in [5.41, 5.74) is 3.75. The highest BCUT2D eigenvalue weighted by Crippen LogP contribution is 2.33. The Kier molecular flexibility index (Phi) is 5.26. The van der Waals surface area contributed by atoms with Crippen LogP contribution < -0.4 is 10.1 Å². The Labute approximate surface area is 151 Å². The zero-order valence-corrected chi connectivity index (χ0v) is 15.0. The Bertz CT molecular complexity index is 942. The predicted molar refractivity (Wildman–Crippen MR) is 108 cm³/mol. The molecule has 0 aliphatic heterocycles. The van der Waals surface area contributed by atoms with E-state index >= 15 is 0 Å². The minimum Gasteiger partial charge on any atom is -0.497 e. The number of methoxy groups -OCH3 is 1. The van der Waals surface area contributed by atoms with Crippen molar-refractivity contribution in [3.8, 4) is 5.75 Å². The largest absolute Gasteiger partial charge is 0.497 e. The lowest BCUT2D eigenvalue weighted by Crippen LogP contribution is -2.02. The Balaban J connectivity index is 2.00. The number of hydrogen-bond donors (Lipinski definition) is 1. The van der Waals surface area contributed by atoms with Gasteiger partial charge in [0.1, 0.15) is 10.8 Å². The van der Waals surface area contributed by atoms with Crippen LogP contribution in [0.25, 0.3) is 15.8 Å². The molecule has 0 amide bonds. The van der Waals surface area contributed by atoms with Gasteiger partial charge in [0.05, 0.1) is 22.9 Å². The molecule has 1 aromatic heterocycles. The van der Waals surface area contributed by atoms with E-state index in [1.54, 1.807) is 24.6 Å². The van der Waals surface area contributed by atoms with Crippen molar-refractivity contribution in [2.75, 3.05) is 12.4 Å². The van der Waals surface area contributed by atoms with E-state index in [-0.39, 0.29) is 0 Å². The molecule has 0 bridgehead atoms. The first-order valence-corrected chi connectivity index (χ1v) is 8.66. The van der Waals surface area contributed by atoms with Gasteiger partial charge in [0.2, 0.25) is 0 Å². The van der Waals surface area contributed by atoms with Crippen molar-refractivity contribution in [2.24, 2.45) is 4.99 Å². The number of fused-ring (bicyclic) bond motifs is 1. The van der Waals surface area contributed by atoms with Crippen molar-refractivity contribution in [2.45, 2.75) is 6.92 Å². The average molecular weight is 349 g/mol. The molecule has 4 nitrogen and oxygen atoms in total. The van der Waals surface area contributed by atoms with E-state index in [1.807, 2.05) is 61.5 Å². The lowest BCUT2D eigenvalue weighted by Gasteiger charge is -2.12. The maximum absolute atomic E-state index is 5.28. The molecular weight excluding hydrogens is 330 g/mol. The lowest BCUT2D eigenvalue weighted by molar-refractivity contribution is 0.415. The number of nitrogens with zero attached hydrogens (tertiary/aromatic N) is 2. The van der Waals surface area contributed by atoms with Crippen LogP contribution in [0.3, 0.4) is 0 Å². The first-order valence-electron chi connectivity index (χ1n) is 7.85. The second-order valence-corrected chi connectivity index (χ2v) is 6.30. The van der Waals surface area contributed by atoms with Crippen LogP contribution in [-0.4, -0.2) is 18.8 Å². The normalized spacial score (nSPS) is 12.2. The van der Waals surface area contributed by atoms with Gasteiger partial charge in [-0.25, -0.2) is 4.98 Å². The number of thiazole rings is 1. The fraction of sp³-hybridized carbons (Fsp3) is 0.100. The molecule has 1 N–H and O–H groups in total. The molecule has 2 aromatic carbocycles. The van der Waals surface area contributed by atoms with Crippen molar-refractivity contribution in [1.82, 2.24) is 4.98 Å². The van der Waals surface area contributed by atoms with E-state index in [0.717, 1.165) is 37.9 Å². The lowest BCUT2D eigenvalue weighted by atomic mass is 10.2. The number of rotatable bonds is 6. The van der Waals surface area contributed by atoms with Gasteiger partial charge in [-0.05, 0) is 37.9 Å². The van der Waals surface area contributed by atoms with Crippen LogP contribution in [0.1, 0.15) is 11.9 Å². The first-order chi connectivity index (χ1) is 12.2. The molecule has 0 unspecified atom stereocenters. The Morgan fingerprint density at radius 1 is 1.24 bits per heavy atom. The summed E-state index contributed by atoms with van der Waals surface area (Å²) in [6, 6.07) is 15.9. The number of hydrogen-bond acceptors (Lipinski definition) is 5. The summed E-state index contributed by atoms with van der Waals surface area (Å²) in [6.07, 6.45) is 3.75. The van der Waals surface area contributed by atoms with E-state index in [1.165, 1.54) is 0 Å². The summed E-state index contributed by atoms with van der Waals surface area (Å²) < 4.78 is 6.38. The molecule has 0 spiro atoms. The summed E-state index contributed by atoms with van der Waals surface area (Å²) in [5.74, 6) is 0.797. The van der Waals surface area contributed by atoms with Crippen LogP contribution in [0.15, 0.2) is 71.5 Å². The minimum absolute atomic E-state index is 0.797. The van der Waals surface area contributed by atoms with Crippen molar-refractivity contribution in [1.29, 1.82) is 0 Å². The molecule has 0 aliphatic rings. The van der Waals surface area contributed by atoms with Crippen molar-refractivity contribution in [3.05, 3.63) is 71.5 Å². The zero-order valence-electron chi connectivity index (χ0n) is 14.2. The molecule has 126 valence electrons. The average Bonchev–Trinajstić information content (AvgIpc) is 3.08. The summed E-state index contributed by atoms with van der Waals surface area (Å²) in [7, 11) is 1.66. The molecule has 0 saturated heterocycles. The topological polar surface area (TPSA) is 46.5 Å². The quantitative estimate of drug-likeness (QED) is 0.481. The van der Waals surface area contributed by atoms with Gasteiger partial charge in [-0.2, -0.15) is 0 Å². The highest BCUT2D eigenvalue weighted by molar-refractivity contribution is 7.19. The molecule has 25 heavy (non-hydrogen) atoms. The summed E-state index contributed by atoms with van der Waals surface area (Å²) >= 11 is 1.62. The second kappa shape index (κ2) is 7.77. The molecule has 3 aromatic rings. The number of allylic oxidation sites excluding steroid dienone is 2. The maximum Gasteiger partial charge on any atom is 0.128 e. The number of nitrogens with one attached hydrogen (secondary N) is 1. The Morgan fingerprint density at radius 2 is 2.04 bits per heavy atom. The van der Waals surface area contributed by atoms with Crippen LogP contribution in [-0.2, 0) is 0 Å². The van der Waals surface area contributed by atoms with Crippen LogP contribution >= 0.6 is 11.3 Å². The minimum atomic E-state index is 0.797. The molecule has 1 heterocycles. The molecule has 0 aliphatic carbocycles. The summed E-state index contributed by atoms with van der Waals surface area (Å²) in [5, 5.41) is 4.31. The third-order valence-corrected chi connectivity index (χ3v) is 4.75. The fourth-order valence-corrected chi connectivity index (χ4v) is 3.42. The van der Waals surface area contributed by atoms with Gasteiger partial charge in [0.15, 0.2) is 0 Å². The molecule has 0 fully saturated rings. The van der Waals surface area contributed by atoms with E-state index in [2.05, 4.69) is 17.0 Å². The highest BCUT2D eigenvalue weighted by atomic mass is 32.1. The monoisotopic (exact) mass is 349 g/mol. The predicted octanol–water partition coefficient (Wildman–Crippen LogP) is 5.36. The van der Waals surface area contributed by atoms with E-state index < -0.39 is 0 Å². The van der Waals surface area contributed by atoms with Gasteiger partial charge in [0, 0.05) is 23.7 Å².